The lowest BCUT2D eigenvalue weighted by Gasteiger charge is -2.48. The number of aliphatic hydroxyl groups is 2. The summed E-state index contributed by atoms with van der Waals surface area (Å²) in [7, 11) is 0. The molecule has 3 N–H and O–H groups in total. The first-order valence-electron chi connectivity index (χ1n) is 13.6. The third-order valence-corrected chi connectivity index (χ3v) is 6.24. The van der Waals surface area contributed by atoms with Crippen molar-refractivity contribution in [1.29, 1.82) is 0 Å². The van der Waals surface area contributed by atoms with E-state index in [1.165, 1.54) is 6.92 Å². The zero-order valence-corrected chi connectivity index (χ0v) is 24.5. The summed E-state index contributed by atoms with van der Waals surface area (Å²) in [5.74, 6) is -3.73. The van der Waals surface area contributed by atoms with Crippen LogP contribution in [0.1, 0.15) is 54.4 Å². The molecule has 2 heterocycles. The monoisotopic (exact) mass is 607 g/mol. The molecule has 0 aromatic carbocycles. The molecule has 1 amide bonds. The van der Waals surface area contributed by atoms with Crippen LogP contribution >= 0.6 is 0 Å². The summed E-state index contributed by atoms with van der Waals surface area (Å²) in [6.07, 6.45) is -11.4. The summed E-state index contributed by atoms with van der Waals surface area (Å²) in [6.45, 7) is 6.58. The van der Waals surface area contributed by atoms with Crippen molar-refractivity contribution < 1.29 is 72.1 Å². The summed E-state index contributed by atoms with van der Waals surface area (Å²) >= 11 is 0. The summed E-state index contributed by atoms with van der Waals surface area (Å²) in [5, 5.41) is 23.6. The fourth-order valence-corrected chi connectivity index (χ4v) is 4.56. The van der Waals surface area contributed by atoms with E-state index in [1.807, 2.05) is 6.92 Å². The third-order valence-electron chi connectivity index (χ3n) is 6.24. The van der Waals surface area contributed by atoms with Gasteiger partial charge in [-0.2, -0.15) is 0 Å². The van der Waals surface area contributed by atoms with Gasteiger partial charge in [-0.1, -0.05) is 13.3 Å². The van der Waals surface area contributed by atoms with E-state index < -0.39 is 104 Å². The van der Waals surface area contributed by atoms with Gasteiger partial charge in [-0.3, -0.25) is 24.0 Å². The molecule has 2 aliphatic rings. The van der Waals surface area contributed by atoms with Gasteiger partial charge in [0.1, 0.15) is 37.1 Å². The number of amides is 1. The first-order valence-corrected chi connectivity index (χ1v) is 13.6. The standard InChI is InChI=1S/C26H41NO15/c1-7-8-9-35-25-19(27-12(2)29)22(20(34)17(10-28)40-25)42-26-24(39-16(6)33)23(38-15(5)32)21(37-14(4)31)18(41-26)11-36-13(3)30/h17-26,28,34H,7-11H2,1-6H3,(H,27,29)/t17?,18?,19-,20+,21-,22?,23?,24-,25+,26-/m0/s1. The van der Waals surface area contributed by atoms with Gasteiger partial charge in [0.05, 0.1) is 6.61 Å². The van der Waals surface area contributed by atoms with E-state index >= 15 is 0 Å². The number of carbonyl (C=O) groups excluding carboxylic acids is 5. The number of rotatable bonds is 13. The minimum absolute atomic E-state index is 0.220. The number of unbranched alkanes of at least 4 members (excludes halogenated alkanes) is 1. The van der Waals surface area contributed by atoms with Crippen molar-refractivity contribution in [3.63, 3.8) is 0 Å². The molecule has 4 unspecified atom stereocenters. The fourth-order valence-electron chi connectivity index (χ4n) is 4.56. The number of nitrogens with one attached hydrogen (secondary N) is 1. The van der Waals surface area contributed by atoms with Gasteiger partial charge >= 0.3 is 23.9 Å². The maximum Gasteiger partial charge on any atom is 0.303 e. The quantitative estimate of drug-likeness (QED) is 0.128. The Morgan fingerprint density at radius 3 is 1.86 bits per heavy atom. The molecule has 10 atom stereocenters. The highest BCUT2D eigenvalue weighted by molar-refractivity contribution is 5.73. The Labute approximate surface area is 243 Å². The van der Waals surface area contributed by atoms with Crippen molar-refractivity contribution in [2.45, 2.75) is 116 Å². The first-order chi connectivity index (χ1) is 19.8. The van der Waals surface area contributed by atoms with Crippen LogP contribution in [0.15, 0.2) is 0 Å². The molecule has 0 aliphatic carbocycles. The molecule has 2 saturated heterocycles. The van der Waals surface area contributed by atoms with Gasteiger partial charge in [0.25, 0.3) is 0 Å². The number of esters is 4. The van der Waals surface area contributed by atoms with Gasteiger partial charge in [0.15, 0.2) is 30.9 Å². The topological polar surface area (TPSA) is 212 Å². The Morgan fingerprint density at radius 1 is 0.762 bits per heavy atom. The van der Waals surface area contributed by atoms with Crippen LogP contribution < -0.4 is 5.32 Å². The second-order valence-electron chi connectivity index (χ2n) is 9.84. The number of ether oxygens (including phenoxy) is 8. The zero-order valence-electron chi connectivity index (χ0n) is 24.5. The smallest absolute Gasteiger partial charge is 0.303 e. The predicted molar refractivity (Wildman–Crippen MR) is 137 cm³/mol. The van der Waals surface area contributed by atoms with E-state index in [9.17, 15) is 34.2 Å². The van der Waals surface area contributed by atoms with Crippen LogP contribution in [0.4, 0.5) is 0 Å². The van der Waals surface area contributed by atoms with E-state index in [4.69, 9.17) is 37.9 Å². The molecule has 0 radical (unpaired) electrons. The lowest BCUT2D eigenvalue weighted by atomic mass is 9.95. The highest BCUT2D eigenvalue weighted by atomic mass is 16.7. The number of carbonyl (C=O) groups is 5. The molecule has 16 nitrogen and oxygen atoms in total. The lowest BCUT2D eigenvalue weighted by molar-refractivity contribution is -0.346. The van der Waals surface area contributed by atoms with Crippen molar-refractivity contribution >= 4 is 29.8 Å². The maximum atomic E-state index is 12.1. The van der Waals surface area contributed by atoms with Crippen LogP contribution in [0.5, 0.6) is 0 Å². The Bertz CT molecular complexity index is 945. The van der Waals surface area contributed by atoms with Gasteiger partial charge in [-0.15, -0.1) is 0 Å². The van der Waals surface area contributed by atoms with Crippen LogP contribution in [0.3, 0.4) is 0 Å². The largest absolute Gasteiger partial charge is 0.463 e. The number of hydrogen-bond donors (Lipinski definition) is 3. The summed E-state index contributed by atoms with van der Waals surface area (Å²) < 4.78 is 44.8. The minimum Gasteiger partial charge on any atom is -0.463 e. The third kappa shape index (κ3) is 10.1. The molecule has 16 heteroatoms. The molecule has 2 fully saturated rings. The first kappa shape index (κ1) is 35.3. The van der Waals surface area contributed by atoms with Gasteiger partial charge in [-0.05, 0) is 6.42 Å². The Morgan fingerprint density at radius 2 is 1.33 bits per heavy atom. The number of hydrogen-bond acceptors (Lipinski definition) is 15. The molecule has 240 valence electrons. The SMILES string of the molecule is CCCCO[C@@H]1OC(CO)[C@@H](O)C(O[C@@H]2OC(COC(C)=O)[C@H](OC(C)=O)C(OC(C)=O)[C@@H]2OC(C)=O)[C@@H]1NC(C)=O. The van der Waals surface area contributed by atoms with Crippen LogP contribution in [0, 0.1) is 0 Å². The maximum absolute atomic E-state index is 12.1. The molecular weight excluding hydrogens is 566 g/mol. The molecule has 0 saturated carbocycles. The van der Waals surface area contributed by atoms with Gasteiger partial charge in [0, 0.05) is 41.2 Å². The molecular formula is C26H41NO15. The van der Waals surface area contributed by atoms with E-state index in [2.05, 4.69) is 5.32 Å². The van der Waals surface area contributed by atoms with Crippen molar-refractivity contribution in [3.05, 3.63) is 0 Å². The minimum atomic E-state index is -1.66. The van der Waals surface area contributed by atoms with E-state index in [0.717, 1.165) is 34.1 Å². The highest BCUT2D eigenvalue weighted by Gasteiger charge is 2.56. The van der Waals surface area contributed by atoms with E-state index in [0.29, 0.717) is 6.42 Å². The molecule has 0 spiro atoms. The molecule has 0 aromatic rings. The second kappa shape index (κ2) is 16.7. The molecule has 0 bridgehead atoms. The van der Waals surface area contributed by atoms with Gasteiger partial charge in [-0.25, -0.2) is 0 Å². The molecule has 0 aromatic heterocycles. The van der Waals surface area contributed by atoms with Crippen molar-refractivity contribution in [1.82, 2.24) is 5.32 Å². The van der Waals surface area contributed by atoms with Crippen LogP contribution in [-0.4, -0.2) is 121 Å². The van der Waals surface area contributed by atoms with E-state index in [1.54, 1.807) is 0 Å². The zero-order chi connectivity index (χ0) is 31.6. The van der Waals surface area contributed by atoms with Gasteiger partial charge in [0.2, 0.25) is 5.91 Å². The predicted octanol–water partition coefficient (Wildman–Crippen LogP) is -1.15. The Kier molecular flexibility index (Phi) is 14.0. The average Bonchev–Trinajstić information content (AvgIpc) is 2.88. The summed E-state index contributed by atoms with van der Waals surface area (Å²) in [5.41, 5.74) is 0. The normalized spacial score (nSPS) is 32.8. The van der Waals surface area contributed by atoms with Crippen LogP contribution in [0.25, 0.3) is 0 Å². The van der Waals surface area contributed by atoms with E-state index in [-0.39, 0.29) is 6.61 Å². The van der Waals surface area contributed by atoms with Crippen molar-refractivity contribution in [2.24, 2.45) is 0 Å². The van der Waals surface area contributed by atoms with Crippen molar-refractivity contribution in [2.75, 3.05) is 19.8 Å². The Hall–Kier alpha value is -2.89. The lowest BCUT2D eigenvalue weighted by Crippen LogP contribution is -2.69. The Balaban J connectivity index is 2.56. The molecule has 2 rings (SSSR count). The number of aliphatic hydroxyl groups excluding tert-OH is 2. The van der Waals surface area contributed by atoms with Crippen molar-refractivity contribution in [3.8, 4) is 0 Å². The highest BCUT2D eigenvalue weighted by Crippen LogP contribution is 2.33. The summed E-state index contributed by atoms with van der Waals surface area (Å²) in [4.78, 5) is 60.0. The van der Waals surface area contributed by atoms with Crippen LogP contribution in [0.2, 0.25) is 0 Å². The van der Waals surface area contributed by atoms with Crippen LogP contribution in [-0.2, 0) is 61.9 Å². The molecule has 42 heavy (non-hydrogen) atoms. The average molecular weight is 608 g/mol. The molecule has 2 aliphatic heterocycles. The van der Waals surface area contributed by atoms with Gasteiger partial charge < -0.3 is 53.4 Å². The fraction of sp³-hybridized carbons (Fsp3) is 0.808. The summed E-state index contributed by atoms with van der Waals surface area (Å²) in [6, 6.07) is -1.16. The second-order valence-corrected chi connectivity index (χ2v) is 9.84.